The lowest BCUT2D eigenvalue weighted by Gasteiger charge is -2.31. The molecule has 2 heterocycles. The summed E-state index contributed by atoms with van der Waals surface area (Å²) in [6.45, 7) is 9.46. The molecular formula is C18H23NO2. The summed E-state index contributed by atoms with van der Waals surface area (Å²) in [5, 5.41) is 1.08. The number of piperidine rings is 1. The van der Waals surface area contributed by atoms with Crippen LogP contribution in [0.15, 0.2) is 27.4 Å². The largest absolute Gasteiger partial charge is 0.422 e. The maximum atomic E-state index is 11.9. The lowest BCUT2D eigenvalue weighted by Crippen LogP contribution is -2.34. The second-order valence-electron chi connectivity index (χ2n) is 6.46. The van der Waals surface area contributed by atoms with Crippen molar-refractivity contribution in [1.82, 2.24) is 4.90 Å². The molecule has 0 spiro atoms. The quantitative estimate of drug-likeness (QED) is 0.790. The minimum Gasteiger partial charge on any atom is -0.422 e. The summed E-state index contributed by atoms with van der Waals surface area (Å²) in [6.07, 6.45) is 2.56. The Labute approximate surface area is 125 Å². The number of rotatable bonds is 2. The highest BCUT2D eigenvalue weighted by Gasteiger charge is 2.18. The fraction of sp³-hybridized carbons (Fsp3) is 0.500. The predicted molar refractivity (Wildman–Crippen MR) is 85.6 cm³/mol. The molecule has 0 saturated carbocycles. The number of hydrogen-bond acceptors (Lipinski definition) is 3. The van der Waals surface area contributed by atoms with E-state index in [0.717, 1.165) is 53.2 Å². The molecule has 1 aromatic carbocycles. The minimum absolute atomic E-state index is 0.240. The van der Waals surface area contributed by atoms with Gasteiger partial charge in [0.05, 0.1) is 0 Å². The smallest absolute Gasteiger partial charge is 0.336 e. The molecule has 1 aromatic heterocycles. The zero-order valence-corrected chi connectivity index (χ0v) is 13.1. The SMILES string of the molecule is Cc1ccc2c(CN3CCCC(C)C3)cc(=O)oc2c1C. The van der Waals surface area contributed by atoms with Crippen LogP contribution in [0.25, 0.3) is 11.0 Å². The molecular weight excluding hydrogens is 262 g/mol. The Morgan fingerprint density at radius 2 is 2.14 bits per heavy atom. The van der Waals surface area contributed by atoms with Crippen molar-refractivity contribution in [1.29, 1.82) is 0 Å². The second-order valence-corrected chi connectivity index (χ2v) is 6.46. The molecule has 1 aliphatic rings. The Hall–Kier alpha value is -1.61. The first-order chi connectivity index (χ1) is 10.0. The summed E-state index contributed by atoms with van der Waals surface area (Å²) in [5.74, 6) is 0.745. The zero-order valence-electron chi connectivity index (χ0n) is 13.1. The maximum Gasteiger partial charge on any atom is 0.336 e. The highest BCUT2D eigenvalue weighted by molar-refractivity contribution is 5.83. The molecule has 1 saturated heterocycles. The van der Waals surface area contributed by atoms with Crippen LogP contribution in [0.4, 0.5) is 0 Å². The van der Waals surface area contributed by atoms with E-state index in [-0.39, 0.29) is 5.63 Å². The minimum atomic E-state index is -0.240. The van der Waals surface area contributed by atoms with Crippen LogP contribution in [-0.4, -0.2) is 18.0 Å². The van der Waals surface area contributed by atoms with Gasteiger partial charge in [0.15, 0.2) is 0 Å². The molecule has 112 valence electrons. The normalized spacial score (nSPS) is 20.0. The lowest BCUT2D eigenvalue weighted by atomic mass is 9.98. The molecule has 0 amide bonds. The first-order valence-corrected chi connectivity index (χ1v) is 7.80. The molecule has 3 rings (SSSR count). The van der Waals surface area contributed by atoms with Crippen molar-refractivity contribution >= 4 is 11.0 Å². The van der Waals surface area contributed by atoms with Gasteiger partial charge in [-0.1, -0.05) is 19.1 Å². The third-order valence-electron chi connectivity index (χ3n) is 4.65. The van der Waals surface area contributed by atoms with Crippen LogP contribution in [0.1, 0.15) is 36.5 Å². The van der Waals surface area contributed by atoms with Gasteiger partial charge in [-0.05, 0) is 55.8 Å². The first-order valence-electron chi connectivity index (χ1n) is 7.80. The second kappa shape index (κ2) is 5.64. The van der Waals surface area contributed by atoms with Gasteiger partial charge in [0.1, 0.15) is 5.58 Å². The number of nitrogens with zero attached hydrogens (tertiary/aromatic N) is 1. The topological polar surface area (TPSA) is 33.5 Å². The van der Waals surface area contributed by atoms with Crippen LogP contribution in [0.3, 0.4) is 0 Å². The molecule has 1 aliphatic heterocycles. The molecule has 3 heteroatoms. The summed E-state index contributed by atoms with van der Waals surface area (Å²) >= 11 is 0. The molecule has 1 atom stereocenters. The van der Waals surface area contributed by atoms with Crippen LogP contribution in [0, 0.1) is 19.8 Å². The van der Waals surface area contributed by atoms with Crippen LogP contribution in [-0.2, 0) is 6.54 Å². The summed E-state index contributed by atoms with van der Waals surface area (Å²) in [6, 6.07) is 5.86. The van der Waals surface area contributed by atoms with Gasteiger partial charge in [-0.3, -0.25) is 4.90 Å². The zero-order chi connectivity index (χ0) is 15.0. The summed E-state index contributed by atoms with van der Waals surface area (Å²) in [7, 11) is 0. The molecule has 3 nitrogen and oxygen atoms in total. The van der Waals surface area contributed by atoms with E-state index >= 15 is 0 Å². The van der Waals surface area contributed by atoms with Crippen molar-refractivity contribution in [2.45, 2.75) is 40.2 Å². The van der Waals surface area contributed by atoms with Gasteiger partial charge in [-0.2, -0.15) is 0 Å². The van der Waals surface area contributed by atoms with Gasteiger partial charge in [-0.25, -0.2) is 4.79 Å². The van der Waals surface area contributed by atoms with Gasteiger partial charge >= 0.3 is 5.63 Å². The highest BCUT2D eigenvalue weighted by atomic mass is 16.4. The molecule has 0 bridgehead atoms. The summed E-state index contributed by atoms with van der Waals surface area (Å²) in [5.41, 5.74) is 3.84. The molecule has 0 aliphatic carbocycles. The van der Waals surface area contributed by atoms with Gasteiger partial charge in [-0.15, -0.1) is 0 Å². The van der Waals surface area contributed by atoms with Gasteiger partial charge in [0.25, 0.3) is 0 Å². The highest BCUT2D eigenvalue weighted by Crippen LogP contribution is 2.25. The van der Waals surface area contributed by atoms with Gasteiger partial charge < -0.3 is 4.42 Å². The molecule has 2 aromatic rings. The van der Waals surface area contributed by atoms with E-state index in [4.69, 9.17) is 4.42 Å². The van der Waals surface area contributed by atoms with Crippen molar-refractivity contribution in [3.05, 3.63) is 45.3 Å². The van der Waals surface area contributed by atoms with Gasteiger partial charge in [0, 0.05) is 24.5 Å². The fourth-order valence-corrected chi connectivity index (χ4v) is 3.33. The van der Waals surface area contributed by atoms with Crippen LogP contribution < -0.4 is 5.63 Å². The van der Waals surface area contributed by atoms with E-state index in [1.54, 1.807) is 6.07 Å². The Kier molecular flexibility index (Phi) is 3.85. The lowest BCUT2D eigenvalue weighted by molar-refractivity contribution is 0.177. The number of hydrogen-bond donors (Lipinski definition) is 0. The molecule has 0 N–H and O–H groups in total. The van der Waals surface area contributed by atoms with Gasteiger partial charge in [0.2, 0.25) is 0 Å². The molecule has 1 fully saturated rings. The van der Waals surface area contributed by atoms with Crippen molar-refractivity contribution in [3.8, 4) is 0 Å². The van der Waals surface area contributed by atoms with E-state index in [9.17, 15) is 4.79 Å². The van der Waals surface area contributed by atoms with Crippen molar-refractivity contribution < 1.29 is 4.42 Å². The average Bonchev–Trinajstić information content (AvgIpc) is 2.43. The molecule has 1 unspecified atom stereocenters. The predicted octanol–water partition coefficient (Wildman–Crippen LogP) is 3.64. The Morgan fingerprint density at radius 1 is 1.33 bits per heavy atom. The molecule has 21 heavy (non-hydrogen) atoms. The third-order valence-corrected chi connectivity index (χ3v) is 4.65. The summed E-state index contributed by atoms with van der Waals surface area (Å²) in [4.78, 5) is 14.3. The standard InChI is InChI=1S/C18H23NO2/c1-12-5-4-8-19(10-12)11-15-9-17(20)21-18-14(3)13(2)6-7-16(15)18/h6-7,9,12H,4-5,8,10-11H2,1-3H3. The Bertz CT molecular complexity index is 717. The third kappa shape index (κ3) is 2.88. The monoisotopic (exact) mass is 285 g/mol. The van der Waals surface area contributed by atoms with Crippen molar-refractivity contribution in [2.75, 3.05) is 13.1 Å². The van der Waals surface area contributed by atoms with E-state index in [1.807, 2.05) is 13.8 Å². The Balaban J connectivity index is 2.02. The van der Waals surface area contributed by atoms with Crippen LogP contribution in [0.2, 0.25) is 0 Å². The van der Waals surface area contributed by atoms with E-state index in [1.165, 1.54) is 12.8 Å². The number of fused-ring (bicyclic) bond motifs is 1. The van der Waals surface area contributed by atoms with E-state index in [2.05, 4.69) is 24.0 Å². The molecule has 0 radical (unpaired) electrons. The fourth-order valence-electron chi connectivity index (χ4n) is 3.33. The average molecular weight is 285 g/mol. The van der Waals surface area contributed by atoms with E-state index in [0.29, 0.717) is 0 Å². The Morgan fingerprint density at radius 3 is 2.90 bits per heavy atom. The first kappa shape index (κ1) is 14.3. The van der Waals surface area contributed by atoms with Crippen molar-refractivity contribution in [3.63, 3.8) is 0 Å². The maximum absolute atomic E-state index is 11.9. The van der Waals surface area contributed by atoms with Crippen LogP contribution in [0.5, 0.6) is 0 Å². The number of aryl methyl sites for hydroxylation is 2. The summed E-state index contributed by atoms with van der Waals surface area (Å²) < 4.78 is 5.45. The number of benzene rings is 1. The van der Waals surface area contributed by atoms with Crippen LogP contribution >= 0.6 is 0 Å². The van der Waals surface area contributed by atoms with E-state index < -0.39 is 0 Å². The van der Waals surface area contributed by atoms with Crippen molar-refractivity contribution in [2.24, 2.45) is 5.92 Å². The number of likely N-dealkylation sites (tertiary alicyclic amines) is 1.